The van der Waals surface area contributed by atoms with Gasteiger partial charge < -0.3 is 13.7 Å². The van der Waals surface area contributed by atoms with E-state index >= 15 is 0 Å². The molecule has 0 radical (unpaired) electrons. The highest BCUT2D eigenvalue weighted by molar-refractivity contribution is 6.17. The van der Waals surface area contributed by atoms with Gasteiger partial charge in [-0.2, -0.15) is 0 Å². The Hall–Kier alpha value is -7.10. The number of nitrogens with zero attached hydrogens (tertiary/aromatic N) is 1. The topological polar surface area (TPSA) is 29.5 Å². The van der Waals surface area contributed by atoms with Crippen LogP contribution >= 0.6 is 0 Å². The molecular formula is C50H31NO2. The fourth-order valence-corrected chi connectivity index (χ4v) is 8.11. The third kappa shape index (κ3) is 4.75. The van der Waals surface area contributed by atoms with Crippen LogP contribution < -0.4 is 4.90 Å². The van der Waals surface area contributed by atoms with Crippen molar-refractivity contribution in [1.82, 2.24) is 0 Å². The van der Waals surface area contributed by atoms with E-state index in [0.717, 1.165) is 77.5 Å². The minimum absolute atomic E-state index is 0.878. The first-order chi connectivity index (χ1) is 26.3. The first kappa shape index (κ1) is 29.6. The van der Waals surface area contributed by atoms with Crippen molar-refractivity contribution in [3.63, 3.8) is 0 Å². The molecule has 0 amide bonds. The van der Waals surface area contributed by atoms with Crippen molar-refractivity contribution in [2.24, 2.45) is 0 Å². The molecule has 2 heterocycles. The highest BCUT2D eigenvalue weighted by Crippen LogP contribution is 2.42. The average molecular weight is 678 g/mol. The Morgan fingerprint density at radius 1 is 0.302 bits per heavy atom. The number of rotatable bonds is 5. The number of hydrogen-bond donors (Lipinski definition) is 0. The molecule has 0 aliphatic heterocycles. The molecule has 0 atom stereocenters. The van der Waals surface area contributed by atoms with Gasteiger partial charge in [0, 0.05) is 49.6 Å². The lowest BCUT2D eigenvalue weighted by molar-refractivity contribution is 0.669. The van der Waals surface area contributed by atoms with E-state index in [2.05, 4.69) is 181 Å². The van der Waals surface area contributed by atoms with Crippen molar-refractivity contribution in [3.8, 4) is 22.3 Å². The van der Waals surface area contributed by atoms with E-state index in [4.69, 9.17) is 8.83 Å². The van der Waals surface area contributed by atoms with Gasteiger partial charge in [0.15, 0.2) is 0 Å². The van der Waals surface area contributed by atoms with Crippen LogP contribution in [-0.2, 0) is 0 Å². The van der Waals surface area contributed by atoms with Crippen molar-refractivity contribution in [2.75, 3.05) is 4.90 Å². The molecule has 248 valence electrons. The number of furan rings is 2. The summed E-state index contributed by atoms with van der Waals surface area (Å²) in [7, 11) is 0. The largest absolute Gasteiger partial charge is 0.456 e. The summed E-state index contributed by atoms with van der Waals surface area (Å²) in [4.78, 5) is 2.33. The van der Waals surface area contributed by atoms with Crippen molar-refractivity contribution in [1.29, 1.82) is 0 Å². The SMILES string of the molecule is c1ccc2c(-c3ccc(N(c4ccc(-c5cccc6c5oc5c7ccccc7ccc65)cc4)c4ccc5oc6ccccc6c5c4)cc3)cccc2c1. The van der Waals surface area contributed by atoms with E-state index in [-0.39, 0.29) is 0 Å². The quantitative estimate of drug-likeness (QED) is 0.182. The Morgan fingerprint density at radius 3 is 1.64 bits per heavy atom. The second kappa shape index (κ2) is 11.7. The van der Waals surface area contributed by atoms with Crippen LogP contribution in [-0.4, -0.2) is 0 Å². The zero-order valence-electron chi connectivity index (χ0n) is 28.7. The zero-order chi connectivity index (χ0) is 34.9. The number of hydrogen-bond acceptors (Lipinski definition) is 3. The van der Waals surface area contributed by atoms with Crippen LogP contribution in [0.4, 0.5) is 17.1 Å². The summed E-state index contributed by atoms with van der Waals surface area (Å²) < 4.78 is 12.9. The van der Waals surface area contributed by atoms with E-state index in [1.54, 1.807) is 0 Å². The minimum Gasteiger partial charge on any atom is -0.456 e. The molecule has 0 aliphatic carbocycles. The Bertz CT molecular complexity index is 3160. The molecule has 53 heavy (non-hydrogen) atoms. The van der Waals surface area contributed by atoms with Gasteiger partial charge in [-0.05, 0) is 87.4 Å². The Balaban J connectivity index is 1.04. The lowest BCUT2D eigenvalue weighted by Crippen LogP contribution is -2.09. The fourth-order valence-electron chi connectivity index (χ4n) is 8.11. The number of anilines is 3. The van der Waals surface area contributed by atoms with Crippen LogP contribution in [0.25, 0.3) is 87.7 Å². The Morgan fingerprint density at radius 2 is 0.849 bits per heavy atom. The summed E-state index contributed by atoms with van der Waals surface area (Å²) in [6, 6.07) is 66.8. The van der Waals surface area contributed by atoms with Gasteiger partial charge in [-0.3, -0.25) is 0 Å². The van der Waals surface area contributed by atoms with Crippen LogP contribution in [0.2, 0.25) is 0 Å². The predicted octanol–water partition coefficient (Wildman–Crippen LogP) is 14.6. The summed E-state index contributed by atoms with van der Waals surface area (Å²) >= 11 is 0. The van der Waals surface area contributed by atoms with E-state index in [0.29, 0.717) is 0 Å². The summed E-state index contributed by atoms with van der Waals surface area (Å²) in [5, 5.41) is 9.26. The van der Waals surface area contributed by atoms with Crippen molar-refractivity contribution < 1.29 is 8.83 Å². The minimum atomic E-state index is 0.878. The van der Waals surface area contributed by atoms with Crippen LogP contribution in [0.15, 0.2) is 197 Å². The predicted molar refractivity (Wildman–Crippen MR) is 222 cm³/mol. The van der Waals surface area contributed by atoms with Gasteiger partial charge in [0.2, 0.25) is 0 Å². The van der Waals surface area contributed by atoms with E-state index in [1.165, 1.54) is 27.3 Å². The maximum atomic E-state index is 6.69. The van der Waals surface area contributed by atoms with Crippen molar-refractivity contribution in [3.05, 3.63) is 188 Å². The third-order valence-electron chi connectivity index (χ3n) is 10.7. The molecular weight excluding hydrogens is 647 g/mol. The molecule has 0 bridgehead atoms. The number of para-hydroxylation sites is 2. The standard InChI is InChI=1S/C50H31NO2/c1-3-12-39-32(9-1)11-7-15-40(39)34-19-24-36(25-20-34)51(38-28-30-48-46(31-38)43-14-5-6-18-47(43)52-48)37-26-21-35(22-27-37)42-16-8-17-44-45-29-23-33-10-2-4-13-41(33)50(45)53-49(42)44/h1-31H. The van der Waals surface area contributed by atoms with Crippen LogP contribution in [0.5, 0.6) is 0 Å². The molecule has 3 nitrogen and oxygen atoms in total. The summed E-state index contributed by atoms with van der Waals surface area (Å²) in [5.74, 6) is 0. The number of benzene rings is 9. The maximum absolute atomic E-state index is 6.69. The molecule has 0 fully saturated rings. The van der Waals surface area contributed by atoms with Gasteiger partial charge in [0.1, 0.15) is 22.3 Å². The molecule has 0 unspecified atom stereocenters. The lowest BCUT2D eigenvalue weighted by Gasteiger charge is -2.26. The summed E-state index contributed by atoms with van der Waals surface area (Å²) in [6.45, 7) is 0. The molecule has 0 N–H and O–H groups in total. The van der Waals surface area contributed by atoms with E-state index < -0.39 is 0 Å². The molecule has 11 rings (SSSR count). The lowest BCUT2D eigenvalue weighted by atomic mass is 9.98. The van der Waals surface area contributed by atoms with Crippen molar-refractivity contribution in [2.45, 2.75) is 0 Å². The van der Waals surface area contributed by atoms with Gasteiger partial charge in [-0.15, -0.1) is 0 Å². The highest BCUT2D eigenvalue weighted by Gasteiger charge is 2.18. The number of fused-ring (bicyclic) bond motifs is 9. The molecule has 0 saturated carbocycles. The normalized spacial score (nSPS) is 11.8. The first-order valence-corrected chi connectivity index (χ1v) is 18.0. The molecule has 3 heteroatoms. The highest BCUT2D eigenvalue weighted by atomic mass is 16.3. The third-order valence-corrected chi connectivity index (χ3v) is 10.7. The van der Waals surface area contributed by atoms with E-state index in [9.17, 15) is 0 Å². The van der Waals surface area contributed by atoms with Crippen molar-refractivity contribution >= 4 is 82.5 Å². The second-order valence-electron chi connectivity index (χ2n) is 13.7. The molecule has 0 aliphatic rings. The van der Waals surface area contributed by atoms with Gasteiger partial charge in [-0.25, -0.2) is 0 Å². The van der Waals surface area contributed by atoms with Crippen LogP contribution in [0, 0.1) is 0 Å². The maximum Gasteiger partial charge on any atom is 0.143 e. The average Bonchev–Trinajstić information content (AvgIpc) is 3.80. The summed E-state index contributed by atoms with van der Waals surface area (Å²) in [5.41, 5.74) is 11.4. The Kier molecular flexibility index (Phi) is 6.55. The van der Waals surface area contributed by atoms with Gasteiger partial charge in [-0.1, -0.05) is 133 Å². The smallest absolute Gasteiger partial charge is 0.143 e. The molecule has 11 aromatic rings. The van der Waals surface area contributed by atoms with Gasteiger partial charge in [0.05, 0.1) is 0 Å². The Labute approximate surface area is 305 Å². The summed E-state index contributed by atoms with van der Waals surface area (Å²) in [6.07, 6.45) is 0. The van der Waals surface area contributed by atoms with Crippen LogP contribution in [0.1, 0.15) is 0 Å². The fraction of sp³-hybridized carbons (Fsp3) is 0. The van der Waals surface area contributed by atoms with Gasteiger partial charge in [0.25, 0.3) is 0 Å². The first-order valence-electron chi connectivity index (χ1n) is 18.0. The molecule has 9 aromatic carbocycles. The molecule has 0 saturated heterocycles. The van der Waals surface area contributed by atoms with Gasteiger partial charge >= 0.3 is 0 Å². The van der Waals surface area contributed by atoms with E-state index in [1.807, 2.05) is 12.1 Å². The van der Waals surface area contributed by atoms with Crippen LogP contribution in [0.3, 0.4) is 0 Å². The monoisotopic (exact) mass is 677 g/mol. The molecule has 0 spiro atoms. The zero-order valence-corrected chi connectivity index (χ0v) is 28.7. The second-order valence-corrected chi connectivity index (χ2v) is 13.7. The molecule has 2 aromatic heterocycles.